The number of rotatable bonds is 5. The van der Waals surface area contributed by atoms with Crippen molar-refractivity contribution in [1.29, 1.82) is 0 Å². The van der Waals surface area contributed by atoms with Crippen LogP contribution in [0.2, 0.25) is 0 Å². The van der Waals surface area contributed by atoms with Crippen LogP contribution in [0, 0.1) is 6.92 Å². The SMILES string of the molecule is Cc1cc(CNCCCN)on1. The molecular formula is C8H15N3O. The Morgan fingerprint density at radius 3 is 3.08 bits per heavy atom. The third kappa shape index (κ3) is 3.02. The summed E-state index contributed by atoms with van der Waals surface area (Å²) in [7, 11) is 0. The molecule has 1 rings (SSSR count). The molecule has 0 unspecified atom stereocenters. The van der Waals surface area contributed by atoms with Gasteiger partial charge in [-0.3, -0.25) is 0 Å². The van der Waals surface area contributed by atoms with E-state index >= 15 is 0 Å². The van der Waals surface area contributed by atoms with E-state index in [9.17, 15) is 0 Å². The Kier molecular flexibility index (Phi) is 3.76. The van der Waals surface area contributed by atoms with Crippen LogP contribution in [-0.4, -0.2) is 18.2 Å². The van der Waals surface area contributed by atoms with Crippen LogP contribution in [0.5, 0.6) is 0 Å². The Morgan fingerprint density at radius 1 is 1.67 bits per heavy atom. The van der Waals surface area contributed by atoms with Gasteiger partial charge in [0.05, 0.1) is 12.2 Å². The summed E-state index contributed by atoms with van der Waals surface area (Å²) in [5, 5.41) is 6.98. The molecule has 0 atom stereocenters. The standard InChI is InChI=1S/C8H15N3O/c1-7-5-8(12-11-7)6-10-4-2-3-9/h5,10H,2-4,6,9H2,1H3. The zero-order valence-electron chi connectivity index (χ0n) is 7.34. The molecule has 0 amide bonds. The van der Waals surface area contributed by atoms with Crippen molar-refractivity contribution in [2.75, 3.05) is 13.1 Å². The molecule has 0 spiro atoms. The largest absolute Gasteiger partial charge is 0.360 e. The molecule has 1 aromatic rings. The fourth-order valence-corrected chi connectivity index (χ4v) is 0.938. The van der Waals surface area contributed by atoms with E-state index in [0.29, 0.717) is 0 Å². The first-order chi connectivity index (χ1) is 5.83. The number of hydrogen-bond donors (Lipinski definition) is 2. The minimum absolute atomic E-state index is 0.725. The van der Waals surface area contributed by atoms with Gasteiger partial charge in [-0.2, -0.15) is 0 Å². The molecule has 68 valence electrons. The summed E-state index contributed by atoms with van der Waals surface area (Å²) < 4.78 is 5.00. The van der Waals surface area contributed by atoms with Crippen molar-refractivity contribution >= 4 is 0 Å². The zero-order valence-corrected chi connectivity index (χ0v) is 7.34. The van der Waals surface area contributed by atoms with Crippen molar-refractivity contribution in [3.63, 3.8) is 0 Å². The molecule has 0 aliphatic heterocycles. The Hall–Kier alpha value is -0.870. The molecule has 0 saturated carbocycles. The lowest BCUT2D eigenvalue weighted by molar-refractivity contribution is 0.369. The molecule has 4 nitrogen and oxygen atoms in total. The summed E-state index contributed by atoms with van der Waals surface area (Å²) in [5.74, 6) is 0.879. The Labute approximate surface area is 72.1 Å². The van der Waals surface area contributed by atoms with Crippen LogP contribution >= 0.6 is 0 Å². The number of nitrogens with one attached hydrogen (secondary N) is 1. The second-order valence-electron chi connectivity index (χ2n) is 2.75. The molecule has 12 heavy (non-hydrogen) atoms. The molecule has 0 fully saturated rings. The average Bonchev–Trinajstić information content (AvgIpc) is 2.45. The molecule has 0 saturated heterocycles. The molecule has 0 radical (unpaired) electrons. The fourth-order valence-electron chi connectivity index (χ4n) is 0.938. The predicted octanol–water partition coefficient (Wildman–Crippen LogP) is 0.421. The highest BCUT2D eigenvalue weighted by Crippen LogP contribution is 2.00. The van der Waals surface area contributed by atoms with Crippen molar-refractivity contribution in [3.05, 3.63) is 17.5 Å². The lowest BCUT2D eigenvalue weighted by Gasteiger charge is -1.98. The van der Waals surface area contributed by atoms with E-state index in [1.54, 1.807) is 0 Å². The number of hydrogen-bond acceptors (Lipinski definition) is 4. The van der Waals surface area contributed by atoms with Crippen LogP contribution in [-0.2, 0) is 6.54 Å². The molecule has 1 aromatic heterocycles. The van der Waals surface area contributed by atoms with E-state index in [0.717, 1.165) is 37.5 Å². The quantitative estimate of drug-likeness (QED) is 0.627. The first-order valence-electron chi connectivity index (χ1n) is 4.16. The lowest BCUT2D eigenvalue weighted by atomic mass is 10.3. The van der Waals surface area contributed by atoms with Gasteiger partial charge in [-0.25, -0.2) is 0 Å². The maximum atomic E-state index is 5.34. The second-order valence-corrected chi connectivity index (χ2v) is 2.75. The zero-order chi connectivity index (χ0) is 8.81. The highest BCUT2D eigenvalue weighted by molar-refractivity contribution is 5.02. The first kappa shape index (κ1) is 9.22. The van der Waals surface area contributed by atoms with Crippen LogP contribution < -0.4 is 11.1 Å². The Balaban J connectivity index is 2.15. The van der Waals surface area contributed by atoms with Crippen molar-refractivity contribution < 1.29 is 4.52 Å². The Morgan fingerprint density at radius 2 is 2.50 bits per heavy atom. The van der Waals surface area contributed by atoms with Gasteiger partial charge in [0.15, 0.2) is 5.76 Å². The maximum Gasteiger partial charge on any atom is 0.150 e. The third-order valence-corrected chi connectivity index (χ3v) is 1.53. The summed E-state index contributed by atoms with van der Waals surface area (Å²) in [6.07, 6.45) is 0.993. The minimum Gasteiger partial charge on any atom is -0.360 e. The highest BCUT2D eigenvalue weighted by Gasteiger charge is 1.98. The van der Waals surface area contributed by atoms with Gasteiger partial charge in [-0.05, 0) is 26.4 Å². The molecule has 0 aliphatic rings. The minimum atomic E-state index is 0.725. The van der Waals surface area contributed by atoms with Gasteiger partial charge in [-0.1, -0.05) is 5.16 Å². The number of nitrogens with two attached hydrogens (primary N) is 1. The number of aromatic nitrogens is 1. The van der Waals surface area contributed by atoms with Crippen molar-refractivity contribution in [3.8, 4) is 0 Å². The Bertz CT molecular complexity index is 222. The fraction of sp³-hybridized carbons (Fsp3) is 0.625. The summed E-state index contributed by atoms with van der Waals surface area (Å²) in [5.41, 5.74) is 6.26. The highest BCUT2D eigenvalue weighted by atomic mass is 16.5. The lowest BCUT2D eigenvalue weighted by Crippen LogP contribution is -2.17. The predicted molar refractivity (Wildman–Crippen MR) is 46.6 cm³/mol. The summed E-state index contributed by atoms with van der Waals surface area (Å²) in [4.78, 5) is 0. The number of aryl methyl sites for hydroxylation is 1. The summed E-state index contributed by atoms with van der Waals surface area (Å²) in [6.45, 7) is 4.30. The van der Waals surface area contributed by atoms with E-state index in [1.165, 1.54) is 0 Å². The van der Waals surface area contributed by atoms with Crippen molar-refractivity contribution in [1.82, 2.24) is 10.5 Å². The molecular weight excluding hydrogens is 154 g/mol. The topological polar surface area (TPSA) is 64.1 Å². The second kappa shape index (κ2) is 4.90. The van der Waals surface area contributed by atoms with E-state index in [2.05, 4.69) is 10.5 Å². The van der Waals surface area contributed by atoms with Crippen LogP contribution in [0.25, 0.3) is 0 Å². The summed E-state index contributed by atoms with van der Waals surface area (Å²) in [6, 6.07) is 1.93. The van der Waals surface area contributed by atoms with E-state index in [1.807, 2.05) is 13.0 Å². The summed E-state index contributed by atoms with van der Waals surface area (Å²) >= 11 is 0. The van der Waals surface area contributed by atoms with E-state index in [4.69, 9.17) is 10.3 Å². The average molecular weight is 169 g/mol. The van der Waals surface area contributed by atoms with Gasteiger partial charge in [0.2, 0.25) is 0 Å². The van der Waals surface area contributed by atoms with Crippen LogP contribution in [0.4, 0.5) is 0 Å². The van der Waals surface area contributed by atoms with Gasteiger partial charge >= 0.3 is 0 Å². The van der Waals surface area contributed by atoms with E-state index < -0.39 is 0 Å². The molecule has 4 heteroatoms. The first-order valence-corrected chi connectivity index (χ1v) is 4.16. The van der Waals surface area contributed by atoms with Gasteiger partial charge in [0.25, 0.3) is 0 Å². The van der Waals surface area contributed by atoms with Gasteiger partial charge in [0, 0.05) is 6.07 Å². The van der Waals surface area contributed by atoms with Gasteiger partial charge < -0.3 is 15.6 Å². The monoisotopic (exact) mass is 169 g/mol. The third-order valence-electron chi connectivity index (χ3n) is 1.53. The van der Waals surface area contributed by atoms with Gasteiger partial charge in [0.1, 0.15) is 0 Å². The van der Waals surface area contributed by atoms with Crippen molar-refractivity contribution in [2.24, 2.45) is 5.73 Å². The number of nitrogens with zero attached hydrogens (tertiary/aromatic N) is 1. The molecule has 1 heterocycles. The smallest absolute Gasteiger partial charge is 0.150 e. The van der Waals surface area contributed by atoms with Crippen LogP contribution in [0.3, 0.4) is 0 Å². The van der Waals surface area contributed by atoms with E-state index in [-0.39, 0.29) is 0 Å². The van der Waals surface area contributed by atoms with Gasteiger partial charge in [-0.15, -0.1) is 0 Å². The normalized spacial score (nSPS) is 10.5. The van der Waals surface area contributed by atoms with Crippen molar-refractivity contribution in [2.45, 2.75) is 19.9 Å². The maximum absolute atomic E-state index is 5.34. The van der Waals surface area contributed by atoms with Crippen LogP contribution in [0.1, 0.15) is 17.9 Å². The van der Waals surface area contributed by atoms with Crippen LogP contribution in [0.15, 0.2) is 10.6 Å². The molecule has 0 aliphatic carbocycles. The molecule has 0 aromatic carbocycles. The molecule has 3 N–H and O–H groups in total. The molecule has 0 bridgehead atoms.